The lowest BCUT2D eigenvalue weighted by molar-refractivity contribution is 0.281. The zero-order chi connectivity index (χ0) is 17.6. The third-order valence-electron chi connectivity index (χ3n) is 4.82. The summed E-state index contributed by atoms with van der Waals surface area (Å²) < 4.78 is 6.20. The summed E-state index contributed by atoms with van der Waals surface area (Å²) in [5.74, 6) is 0.908. The van der Waals surface area contributed by atoms with Gasteiger partial charge >= 0.3 is 0 Å². The van der Waals surface area contributed by atoms with E-state index >= 15 is 0 Å². The van der Waals surface area contributed by atoms with Crippen molar-refractivity contribution in [1.29, 1.82) is 0 Å². The molecule has 0 aliphatic heterocycles. The zero-order valence-corrected chi connectivity index (χ0v) is 16.7. The Bertz CT molecular complexity index is 618. The van der Waals surface area contributed by atoms with Crippen molar-refractivity contribution in [2.45, 2.75) is 58.2 Å². The highest BCUT2D eigenvalue weighted by molar-refractivity contribution is 6.74. The molecule has 4 heteroatoms. The van der Waals surface area contributed by atoms with Crippen LogP contribution in [0.15, 0.2) is 42.7 Å². The zero-order valence-electron chi connectivity index (χ0n) is 15.7. The van der Waals surface area contributed by atoms with Crippen LogP contribution in [0.3, 0.4) is 0 Å². The first kappa shape index (κ1) is 18.8. The minimum absolute atomic E-state index is 0.266. The first-order chi connectivity index (χ1) is 11.3. The number of aryl methyl sites for hydroxylation is 1. The number of hydrogen-bond acceptors (Lipinski definition) is 3. The van der Waals surface area contributed by atoms with Crippen molar-refractivity contribution in [2.24, 2.45) is 0 Å². The highest BCUT2D eigenvalue weighted by Gasteiger charge is 2.36. The van der Waals surface area contributed by atoms with E-state index in [9.17, 15) is 0 Å². The standard InChI is InChI=1S/C20H30N2OSi/c1-20(2,3)24(4,5)23-13-9-12-19-21-15-18(16-22-19)14-17-10-7-6-8-11-17/h6-8,10-11,15-16H,9,12-14H2,1-5H3. The van der Waals surface area contributed by atoms with E-state index in [2.05, 4.69) is 68.1 Å². The molecule has 0 N–H and O–H groups in total. The van der Waals surface area contributed by atoms with Gasteiger partial charge in [0.1, 0.15) is 5.82 Å². The molecule has 0 unspecified atom stereocenters. The van der Waals surface area contributed by atoms with Crippen molar-refractivity contribution in [3.8, 4) is 0 Å². The third kappa shape index (κ3) is 5.53. The molecule has 0 saturated carbocycles. The quantitative estimate of drug-likeness (QED) is 0.523. The molecule has 0 spiro atoms. The van der Waals surface area contributed by atoms with Gasteiger partial charge in [-0.2, -0.15) is 0 Å². The molecule has 2 rings (SSSR count). The highest BCUT2D eigenvalue weighted by Crippen LogP contribution is 2.36. The summed E-state index contributed by atoms with van der Waals surface area (Å²) in [6.07, 6.45) is 6.63. The number of benzene rings is 1. The van der Waals surface area contributed by atoms with Crippen LogP contribution in [0.25, 0.3) is 0 Å². The molecule has 0 aliphatic rings. The molecule has 0 amide bonds. The van der Waals surface area contributed by atoms with Crippen LogP contribution in [0.5, 0.6) is 0 Å². The van der Waals surface area contributed by atoms with E-state index in [0.717, 1.165) is 37.3 Å². The second kappa shape index (κ2) is 8.04. The highest BCUT2D eigenvalue weighted by atomic mass is 28.4. The van der Waals surface area contributed by atoms with Gasteiger partial charge in [-0.05, 0) is 35.7 Å². The molecule has 1 aromatic carbocycles. The molecule has 1 heterocycles. The van der Waals surface area contributed by atoms with E-state index < -0.39 is 8.32 Å². The Morgan fingerprint density at radius 2 is 1.58 bits per heavy atom. The number of rotatable bonds is 7. The summed E-state index contributed by atoms with van der Waals surface area (Å²) in [7, 11) is -1.64. The molecule has 0 radical (unpaired) electrons. The summed E-state index contributed by atoms with van der Waals surface area (Å²) >= 11 is 0. The van der Waals surface area contributed by atoms with Crippen LogP contribution in [0, 0.1) is 0 Å². The maximum atomic E-state index is 6.20. The molecular weight excluding hydrogens is 312 g/mol. The van der Waals surface area contributed by atoms with E-state index in [0.29, 0.717) is 0 Å². The maximum absolute atomic E-state index is 6.20. The van der Waals surface area contributed by atoms with Crippen molar-refractivity contribution in [3.05, 3.63) is 59.7 Å². The normalized spacial score (nSPS) is 12.4. The van der Waals surface area contributed by atoms with Gasteiger partial charge in [0.15, 0.2) is 8.32 Å². The van der Waals surface area contributed by atoms with Gasteiger partial charge in [0.2, 0.25) is 0 Å². The van der Waals surface area contributed by atoms with Crippen LogP contribution in [0.1, 0.15) is 44.1 Å². The van der Waals surface area contributed by atoms with Gasteiger partial charge in [-0.3, -0.25) is 0 Å². The molecule has 0 fully saturated rings. The first-order valence-corrected chi connectivity index (χ1v) is 11.7. The summed E-state index contributed by atoms with van der Waals surface area (Å²) in [5, 5.41) is 0.266. The fourth-order valence-electron chi connectivity index (χ4n) is 2.21. The summed E-state index contributed by atoms with van der Waals surface area (Å²) in [4.78, 5) is 9.00. The Morgan fingerprint density at radius 3 is 2.17 bits per heavy atom. The van der Waals surface area contributed by atoms with Gasteiger partial charge in [-0.25, -0.2) is 9.97 Å². The predicted molar refractivity (Wildman–Crippen MR) is 103 cm³/mol. The monoisotopic (exact) mass is 342 g/mol. The van der Waals surface area contributed by atoms with Gasteiger partial charge in [-0.1, -0.05) is 51.1 Å². The second-order valence-electron chi connectivity index (χ2n) is 7.88. The minimum Gasteiger partial charge on any atom is -0.417 e. The molecule has 24 heavy (non-hydrogen) atoms. The first-order valence-electron chi connectivity index (χ1n) is 8.76. The number of nitrogens with zero attached hydrogens (tertiary/aromatic N) is 2. The number of hydrogen-bond donors (Lipinski definition) is 0. The van der Waals surface area contributed by atoms with Crippen LogP contribution in [0.2, 0.25) is 18.1 Å². The fourth-order valence-corrected chi connectivity index (χ4v) is 3.30. The van der Waals surface area contributed by atoms with Crippen molar-refractivity contribution < 1.29 is 4.43 Å². The Labute approximate surface area is 147 Å². The van der Waals surface area contributed by atoms with E-state index in [1.165, 1.54) is 5.56 Å². The Hall–Kier alpha value is -1.52. The lowest BCUT2D eigenvalue weighted by Gasteiger charge is -2.36. The van der Waals surface area contributed by atoms with Gasteiger partial charge < -0.3 is 4.43 Å². The molecule has 2 aromatic rings. The molecule has 3 nitrogen and oxygen atoms in total. The van der Waals surface area contributed by atoms with Crippen LogP contribution < -0.4 is 0 Å². The molecule has 130 valence electrons. The molecule has 0 atom stereocenters. The molecular formula is C20H30N2OSi. The van der Waals surface area contributed by atoms with Gasteiger partial charge in [0.05, 0.1) is 0 Å². The molecule has 0 saturated heterocycles. The molecule has 0 aliphatic carbocycles. The van der Waals surface area contributed by atoms with Gasteiger partial charge in [0, 0.05) is 31.8 Å². The van der Waals surface area contributed by atoms with E-state index in [-0.39, 0.29) is 5.04 Å². The summed E-state index contributed by atoms with van der Waals surface area (Å²) in [6, 6.07) is 10.4. The maximum Gasteiger partial charge on any atom is 0.191 e. The second-order valence-corrected chi connectivity index (χ2v) is 12.7. The Balaban J connectivity index is 1.78. The van der Waals surface area contributed by atoms with Gasteiger partial charge in [-0.15, -0.1) is 0 Å². The summed E-state index contributed by atoms with van der Waals surface area (Å²) in [5.41, 5.74) is 2.44. The Kier molecular flexibility index (Phi) is 6.30. The van der Waals surface area contributed by atoms with Crippen molar-refractivity contribution in [2.75, 3.05) is 6.61 Å². The molecule has 0 bridgehead atoms. The average molecular weight is 343 g/mol. The predicted octanol–water partition coefficient (Wildman–Crippen LogP) is 5.02. The summed E-state index contributed by atoms with van der Waals surface area (Å²) in [6.45, 7) is 12.2. The van der Waals surface area contributed by atoms with Gasteiger partial charge in [0.25, 0.3) is 0 Å². The lowest BCUT2D eigenvalue weighted by atomic mass is 10.1. The van der Waals surface area contributed by atoms with E-state index in [1.54, 1.807) is 0 Å². The Morgan fingerprint density at radius 1 is 0.958 bits per heavy atom. The van der Waals surface area contributed by atoms with E-state index in [4.69, 9.17) is 4.43 Å². The SMILES string of the molecule is CC(C)(C)[Si](C)(C)OCCCc1ncc(Cc2ccccc2)cn1. The lowest BCUT2D eigenvalue weighted by Crippen LogP contribution is -2.41. The van der Waals surface area contributed by atoms with Crippen LogP contribution in [0.4, 0.5) is 0 Å². The third-order valence-corrected chi connectivity index (χ3v) is 9.36. The van der Waals surface area contributed by atoms with Crippen LogP contribution in [-0.2, 0) is 17.3 Å². The van der Waals surface area contributed by atoms with Crippen molar-refractivity contribution >= 4 is 8.32 Å². The minimum atomic E-state index is -1.64. The topological polar surface area (TPSA) is 35.0 Å². The average Bonchev–Trinajstić information content (AvgIpc) is 2.53. The number of aromatic nitrogens is 2. The van der Waals surface area contributed by atoms with Crippen molar-refractivity contribution in [3.63, 3.8) is 0 Å². The largest absolute Gasteiger partial charge is 0.417 e. The smallest absolute Gasteiger partial charge is 0.191 e. The molecule has 1 aromatic heterocycles. The van der Waals surface area contributed by atoms with Crippen LogP contribution in [-0.4, -0.2) is 24.9 Å². The van der Waals surface area contributed by atoms with E-state index in [1.807, 2.05) is 18.5 Å². The van der Waals surface area contributed by atoms with Crippen molar-refractivity contribution in [1.82, 2.24) is 9.97 Å². The fraction of sp³-hybridized carbons (Fsp3) is 0.500. The van der Waals surface area contributed by atoms with Crippen LogP contribution >= 0.6 is 0 Å².